The van der Waals surface area contributed by atoms with Crippen molar-refractivity contribution in [3.05, 3.63) is 66.1 Å². The number of aromatic amines is 2. The molecule has 6 nitrogen and oxygen atoms in total. The summed E-state index contributed by atoms with van der Waals surface area (Å²) in [5.74, 6) is 1.80. The van der Waals surface area contributed by atoms with E-state index in [4.69, 9.17) is 0 Å². The van der Waals surface area contributed by atoms with E-state index in [2.05, 4.69) is 61.0 Å². The van der Waals surface area contributed by atoms with Crippen molar-refractivity contribution < 1.29 is 0 Å². The number of para-hydroxylation sites is 3. The summed E-state index contributed by atoms with van der Waals surface area (Å²) in [5.41, 5.74) is 4.58. The van der Waals surface area contributed by atoms with Gasteiger partial charge in [-0.15, -0.1) is 0 Å². The lowest BCUT2D eigenvalue weighted by Gasteiger charge is -2.11. The van der Waals surface area contributed by atoms with Crippen molar-refractivity contribution in [3.8, 4) is 0 Å². The highest BCUT2D eigenvalue weighted by atomic mass is 15.2. The molecule has 6 heteroatoms. The van der Waals surface area contributed by atoms with Gasteiger partial charge in [0.2, 0.25) is 0 Å². The Labute approximate surface area is 158 Å². The Morgan fingerprint density at radius 2 is 1.70 bits per heavy atom. The molecule has 0 aliphatic heterocycles. The fraction of sp³-hybridized carbons (Fsp3) is 0.238. The third kappa shape index (κ3) is 3.95. The Bertz CT molecular complexity index is 1030. The van der Waals surface area contributed by atoms with Gasteiger partial charge in [-0.3, -0.25) is 4.99 Å². The largest absolute Gasteiger partial charge is 0.361 e. The Hall–Kier alpha value is -3.28. The minimum absolute atomic E-state index is 0.770. The molecule has 4 rings (SSSR count). The van der Waals surface area contributed by atoms with Crippen LogP contribution in [0.1, 0.15) is 11.4 Å². The highest BCUT2D eigenvalue weighted by Gasteiger charge is 2.05. The van der Waals surface area contributed by atoms with Crippen LogP contribution in [0.2, 0.25) is 0 Å². The van der Waals surface area contributed by atoms with Crippen LogP contribution in [0.4, 0.5) is 0 Å². The van der Waals surface area contributed by atoms with Gasteiger partial charge in [0.15, 0.2) is 5.96 Å². The summed E-state index contributed by atoms with van der Waals surface area (Å²) in [7, 11) is 1.79. The molecule has 0 spiro atoms. The van der Waals surface area contributed by atoms with Crippen LogP contribution in [0.3, 0.4) is 0 Å². The maximum atomic E-state index is 4.60. The Morgan fingerprint density at radius 1 is 0.963 bits per heavy atom. The number of hydrogen-bond acceptors (Lipinski definition) is 2. The van der Waals surface area contributed by atoms with Crippen molar-refractivity contribution in [2.45, 2.75) is 12.8 Å². The fourth-order valence-corrected chi connectivity index (χ4v) is 3.30. The lowest BCUT2D eigenvalue weighted by molar-refractivity contribution is 0.771. The monoisotopic (exact) mass is 360 g/mol. The number of H-pyrrole nitrogens is 2. The van der Waals surface area contributed by atoms with Gasteiger partial charge in [-0.2, -0.15) is 0 Å². The number of imidazole rings is 1. The molecule has 4 aromatic rings. The van der Waals surface area contributed by atoms with Gasteiger partial charge in [0.05, 0.1) is 11.0 Å². The molecule has 2 aromatic carbocycles. The summed E-state index contributed by atoms with van der Waals surface area (Å²) in [5, 5.41) is 8.01. The summed E-state index contributed by atoms with van der Waals surface area (Å²) in [6.07, 6.45) is 3.84. The van der Waals surface area contributed by atoms with Gasteiger partial charge in [-0.25, -0.2) is 4.98 Å². The lowest BCUT2D eigenvalue weighted by atomic mass is 10.1. The van der Waals surface area contributed by atoms with E-state index in [1.54, 1.807) is 7.05 Å². The average Bonchev–Trinajstić information content (AvgIpc) is 3.30. The number of rotatable bonds is 6. The predicted molar refractivity (Wildman–Crippen MR) is 111 cm³/mol. The van der Waals surface area contributed by atoms with Crippen LogP contribution >= 0.6 is 0 Å². The highest BCUT2D eigenvalue weighted by molar-refractivity contribution is 5.83. The molecule has 0 aliphatic carbocycles. The molecule has 4 N–H and O–H groups in total. The first kappa shape index (κ1) is 17.1. The molecule has 27 heavy (non-hydrogen) atoms. The molecule has 2 heterocycles. The molecule has 0 bridgehead atoms. The Kier molecular flexibility index (Phi) is 5.05. The summed E-state index contributed by atoms with van der Waals surface area (Å²) in [4.78, 5) is 15.6. The molecule has 0 atom stereocenters. The maximum Gasteiger partial charge on any atom is 0.191 e. The van der Waals surface area contributed by atoms with Crippen molar-refractivity contribution >= 4 is 27.9 Å². The first-order chi connectivity index (χ1) is 13.3. The zero-order chi connectivity index (χ0) is 18.5. The number of guanidine groups is 1. The Morgan fingerprint density at radius 3 is 2.52 bits per heavy atom. The second-order valence-electron chi connectivity index (χ2n) is 6.49. The number of nitrogens with one attached hydrogen (secondary N) is 4. The second-order valence-corrected chi connectivity index (χ2v) is 6.49. The van der Waals surface area contributed by atoms with E-state index < -0.39 is 0 Å². The molecule has 0 fully saturated rings. The van der Waals surface area contributed by atoms with E-state index in [9.17, 15) is 0 Å². The van der Waals surface area contributed by atoms with E-state index in [-0.39, 0.29) is 0 Å². The van der Waals surface area contributed by atoms with Crippen LogP contribution in [0.5, 0.6) is 0 Å². The summed E-state index contributed by atoms with van der Waals surface area (Å²) in [6.45, 7) is 1.60. The molecule has 2 aromatic heterocycles. The van der Waals surface area contributed by atoms with Gasteiger partial charge >= 0.3 is 0 Å². The van der Waals surface area contributed by atoms with E-state index in [1.165, 1.54) is 16.5 Å². The predicted octanol–water partition coefficient (Wildman–Crippen LogP) is 2.99. The first-order valence-corrected chi connectivity index (χ1v) is 9.26. The minimum atomic E-state index is 0.770. The van der Waals surface area contributed by atoms with Crippen molar-refractivity contribution in [3.63, 3.8) is 0 Å². The van der Waals surface area contributed by atoms with E-state index in [0.717, 1.165) is 48.7 Å². The summed E-state index contributed by atoms with van der Waals surface area (Å²) >= 11 is 0. The van der Waals surface area contributed by atoms with Gasteiger partial charge in [0, 0.05) is 43.7 Å². The van der Waals surface area contributed by atoms with Crippen LogP contribution in [0.15, 0.2) is 59.7 Å². The Balaban J connectivity index is 1.25. The number of hydrogen-bond donors (Lipinski definition) is 4. The molecular formula is C21H24N6. The molecule has 0 unspecified atom stereocenters. The van der Waals surface area contributed by atoms with Gasteiger partial charge in [-0.1, -0.05) is 30.3 Å². The van der Waals surface area contributed by atoms with E-state index in [0.29, 0.717) is 0 Å². The number of aromatic nitrogens is 3. The van der Waals surface area contributed by atoms with Crippen LogP contribution in [0, 0.1) is 0 Å². The first-order valence-electron chi connectivity index (χ1n) is 9.26. The van der Waals surface area contributed by atoms with E-state index in [1.807, 2.05) is 24.3 Å². The number of aliphatic imine (C=N–C) groups is 1. The molecular weight excluding hydrogens is 336 g/mol. The van der Waals surface area contributed by atoms with Crippen molar-refractivity contribution in [2.75, 3.05) is 20.1 Å². The average molecular weight is 360 g/mol. The molecule has 138 valence electrons. The third-order valence-corrected chi connectivity index (χ3v) is 4.68. The summed E-state index contributed by atoms with van der Waals surface area (Å²) < 4.78 is 0. The molecule has 0 radical (unpaired) electrons. The van der Waals surface area contributed by atoms with Crippen molar-refractivity contribution in [2.24, 2.45) is 4.99 Å². The van der Waals surface area contributed by atoms with Gasteiger partial charge in [0.25, 0.3) is 0 Å². The molecule has 0 saturated heterocycles. The van der Waals surface area contributed by atoms with Crippen molar-refractivity contribution in [1.82, 2.24) is 25.6 Å². The van der Waals surface area contributed by atoms with Gasteiger partial charge < -0.3 is 20.6 Å². The quantitative estimate of drug-likeness (QED) is 0.315. The molecule has 0 aliphatic rings. The molecule has 0 saturated carbocycles. The maximum absolute atomic E-state index is 4.60. The number of benzene rings is 2. The summed E-state index contributed by atoms with van der Waals surface area (Å²) in [6, 6.07) is 16.5. The highest BCUT2D eigenvalue weighted by Crippen LogP contribution is 2.17. The van der Waals surface area contributed by atoms with Crippen molar-refractivity contribution in [1.29, 1.82) is 0 Å². The van der Waals surface area contributed by atoms with Gasteiger partial charge in [0.1, 0.15) is 5.82 Å². The zero-order valence-electron chi connectivity index (χ0n) is 15.4. The SMILES string of the molecule is CN=C(NCCc1nc2ccccc2[nH]1)NCCc1c[nH]c2ccccc12. The fourth-order valence-electron chi connectivity index (χ4n) is 3.30. The number of fused-ring (bicyclic) bond motifs is 2. The van der Waals surface area contributed by atoms with E-state index >= 15 is 0 Å². The normalized spacial score (nSPS) is 12.0. The lowest BCUT2D eigenvalue weighted by Crippen LogP contribution is -2.39. The number of nitrogens with zero attached hydrogens (tertiary/aromatic N) is 2. The smallest absolute Gasteiger partial charge is 0.191 e. The van der Waals surface area contributed by atoms with Crippen LogP contribution in [-0.2, 0) is 12.8 Å². The van der Waals surface area contributed by atoms with Gasteiger partial charge in [-0.05, 0) is 30.2 Å². The topological polar surface area (TPSA) is 80.9 Å². The molecule has 0 amide bonds. The van der Waals surface area contributed by atoms with Crippen LogP contribution in [-0.4, -0.2) is 41.0 Å². The van der Waals surface area contributed by atoms with Crippen LogP contribution < -0.4 is 10.6 Å². The zero-order valence-corrected chi connectivity index (χ0v) is 15.4. The minimum Gasteiger partial charge on any atom is -0.361 e. The van der Waals surface area contributed by atoms with Crippen LogP contribution in [0.25, 0.3) is 21.9 Å². The third-order valence-electron chi connectivity index (χ3n) is 4.68. The second kappa shape index (κ2) is 7.95. The standard InChI is InChI=1S/C21H24N6/c1-22-21(23-12-10-15-14-25-17-7-3-2-6-16(15)17)24-13-11-20-26-18-8-4-5-9-19(18)27-20/h2-9,14,25H,10-13H2,1H3,(H,26,27)(H2,22,23,24).